The minimum Gasteiger partial charge on any atom is -0.306 e. The van der Waals surface area contributed by atoms with Crippen molar-refractivity contribution in [3.63, 3.8) is 0 Å². The fraction of sp³-hybridized carbons (Fsp3) is 0.0833. The third kappa shape index (κ3) is 2.90. The number of aromatic amines is 1. The van der Waals surface area contributed by atoms with Gasteiger partial charge in [-0.15, -0.1) is 4.91 Å². The van der Waals surface area contributed by atoms with Gasteiger partial charge in [0.15, 0.2) is 5.82 Å². The maximum Gasteiger partial charge on any atom is 0.329 e. The summed E-state index contributed by atoms with van der Waals surface area (Å²) < 4.78 is 0.909. The normalized spacial score (nSPS) is 10.2. The van der Waals surface area contributed by atoms with Gasteiger partial charge in [-0.2, -0.15) is 0 Å². The van der Waals surface area contributed by atoms with Gasteiger partial charge in [0.25, 0.3) is 11.5 Å². The van der Waals surface area contributed by atoms with E-state index in [1.807, 2.05) is 4.98 Å². The summed E-state index contributed by atoms with van der Waals surface area (Å²) in [7, 11) is 1.28. The lowest BCUT2D eigenvalue weighted by molar-refractivity contribution is 0.102. The van der Waals surface area contributed by atoms with Crippen LogP contribution in [-0.2, 0) is 7.05 Å². The van der Waals surface area contributed by atoms with Crippen LogP contribution in [0, 0.1) is 4.91 Å². The van der Waals surface area contributed by atoms with Crippen molar-refractivity contribution in [3.8, 4) is 0 Å². The number of carbonyl (C=O) groups excluding carboxylic acids is 1. The second-order valence-electron chi connectivity index (χ2n) is 4.07. The molecule has 0 radical (unpaired) electrons. The number of rotatable bonds is 3. The highest BCUT2D eigenvalue weighted by Gasteiger charge is 2.17. The zero-order valence-electron chi connectivity index (χ0n) is 10.7. The van der Waals surface area contributed by atoms with Crippen LogP contribution >= 0.6 is 11.6 Å². The molecule has 1 heterocycles. The molecule has 2 N–H and O–H groups in total. The van der Waals surface area contributed by atoms with Crippen molar-refractivity contribution in [1.82, 2.24) is 9.55 Å². The molecular weight excluding hydrogens is 300 g/mol. The quantitative estimate of drug-likeness (QED) is 0.834. The molecule has 108 valence electrons. The number of amides is 1. The van der Waals surface area contributed by atoms with Gasteiger partial charge >= 0.3 is 5.69 Å². The van der Waals surface area contributed by atoms with Crippen molar-refractivity contribution in [2.24, 2.45) is 12.2 Å². The number of hydrogen-bond donors (Lipinski definition) is 2. The van der Waals surface area contributed by atoms with Gasteiger partial charge in [-0.25, -0.2) is 4.79 Å². The van der Waals surface area contributed by atoms with E-state index >= 15 is 0 Å². The highest BCUT2D eigenvalue weighted by molar-refractivity contribution is 6.30. The van der Waals surface area contributed by atoms with Crippen molar-refractivity contribution in [2.45, 2.75) is 0 Å². The van der Waals surface area contributed by atoms with Crippen LogP contribution in [0.1, 0.15) is 10.4 Å². The molecule has 0 aliphatic rings. The van der Waals surface area contributed by atoms with Gasteiger partial charge < -0.3 is 5.32 Å². The summed E-state index contributed by atoms with van der Waals surface area (Å²) in [6, 6.07) is 5.92. The van der Waals surface area contributed by atoms with Crippen molar-refractivity contribution in [2.75, 3.05) is 5.32 Å². The molecule has 9 heteroatoms. The highest BCUT2D eigenvalue weighted by Crippen LogP contribution is 2.18. The molecule has 0 fully saturated rings. The van der Waals surface area contributed by atoms with Crippen molar-refractivity contribution in [1.29, 1.82) is 0 Å². The van der Waals surface area contributed by atoms with E-state index < -0.39 is 22.8 Å². The van der Waals surface area contributed by atoms with E-state index in [1.165, 1.54) is 31.3 Å². The minimum atomic E-state index is -0.973. The predicted molar refractivity (Wildman–Crippen MR) is 77.2 cm³/mol. The molecule has 2 rings (SSSR count). The Labute approximate surface area is 122 Å². The summed E-state index contributed by atoms with van der Waals surface area (Å²) in [6.07, 6.45) is 0. The Balaban J connectivity index is 2.46. The Morgan fingerprint density at radius 1 is 1.29 bits per heavy atom. The van der Waals surface area contributed by atoms with Gasteiger partial charge in [-0.3, -0.25) is 19.1 Å². The Kier molecular flexibility index (Phi) is 3.99. The lowest BCUT2D eigenvalue weighted by Crippen LogP contribution is -2.31. The monoisotopic (exact) mass is 308 g/mol. The molecule has 0 atom stereocenters. The molecule has 2 aromatic rings. The summed E-state index contributed by atoms with van der Waals surface area (Å²) in [6.45, 7) is 0. The average molecular weight is 309 g/mol. The van der Waals surface area contributed by atoms with Crippen molar-refractivity contribution >= 4 is 29.0 Å². The number of aromatic nitrogens is 2. The Bertz CT molecular complexity index is 823. The molecular formula is C12H9ClN4O4. The summed E-state index contributed by atoms with van der Waals surface area (Å²) in [5.74, 6) is -0.893. The van der Waals surface area contributed by atoms with Crippen LogP contribution < -0.4 is 16.6 Å². The van der Waals surface area contributed by atoms with Gasteiger partial charge in [0.2, 0.25) is 5.69 Å². The topological polar surface area (TPSA) is 113 Å². The maximum atomic E-state index is 12.0. The summed E-state index contributed by atoms with van der Waals surface area (Å²) in [5, 5.41) is 5.31. The average Bonchev–Trinajstić information content (AvgIpc) is 2.45. The number of H-pyrrole nitrogens is 1. The Hall–Kier alpha value is -2.74. The Morgan fingerprint density at radius 3 is 2.48 bits per heavy atom. The first-order valence-electron chi connectivity index (χ1n) is 5.67. The van der Waals surface area contributed by atoms with E-state index in [9.17, 15) is 19.3 Å². The number of nitroso groups, excluding NO2 is 1. The molecule has 8 nitrogen and oxygen atoms in total. The first-order valence-corrected chi connectivity index (χ1v) is 6.05. The molecule has 0 aliphatic carbocycles. The van der Waals surface area contributed by atoms with E-state index in [4.69, 9.17) is 11.6 Å². The standard InChI is InChI=1S/C12H9ClN4O4/c1-17-9(8(16-21)11(19)15-12(17)20)14-10(18)6-2-4-7(13)5-3-6/h2-5H,1H3,(H,14,18)(H,15,19,20). The first kappa shape index (κ1) is 14.7. The van der Waals surface area contributed by atoms with Crippen LogP contribution in [0.2, 0.25) is 5.02 Å². The van der Waals surface area contributed by atoms with Crippen LogP contribution in [0.4, 0.5) is 11.5 Å². The summed E-state index contributed by atoms with van der Waals surface area (Å²) >= 11 is 5.71. The molecule has 0 unspecified atom stereocenters. The lowest BCUT2D eigenvalue weighted by Gasteiger charge is -2.10. The van der Waals surface area contributed by atoms with Gasteiger partial charge in [0.05, 0.1) is 0 Å². The number of anilines is 1. The number of nitrogens with one attached hydrogen (secondary N) is 2. The first-order chi connectivity index (χ1) is 9.93. The predicted octanol–water partition coefficient (Wildman–Crippen LogP) is 1.38. The van der Waals surface area contributed by atoms with E-state index in [-0.39, 0.29) is 11.4 Å². The molecule has 0 aliphatic heterocycles. The molecule has 0 spiro atoms. The van der Waals surface area contributed by atoms with E-state index in [1.54, 1.807) is 0 Å². The van der Waals surface area contributed by atoms with Crippen LogP contribution in [0.5, 0.6) is 0 Å². The summed E-state index contributed by atoms with van der Waals surface area (Å²) in [4.78, 5) is 47.6. The van der Waals surface area contributed by atoms with E-state index in [2.05, 4.69) is 10.5 Å². The number of nitrogens with zero attached hydrogens (tertiary/aromatic N) is 2. The van der Waals surface area contributed by atoms with Crippen LogP contribution in [0.25, 0.3) is 0 Å². The molecule has 0 bridgehead atoms. The SMILES string of the molecule is Cn1c(NC(=O)c2ccc(Cl)cc2)c(N=O)c(=O)[nH]c1=O. The Morgan fingerprint density at radius 2 is 1.90 bits per heavy atom. The van der Waals surface area contributed by atoms with Crippen molar-refractivity contribution < 1.29 is 4.79 Å². The number of benzene rings is 1. The second-order valence-corrected chi connectivity index (χ2v) is 4.50. The molecule has 0 saturated heterocycles. The zero-order chi connectivity index (χ0) is 15.6. The van der Waals surface area contributed by atoms with Gasteiger partial charge in [0, 0.05) is 17.6 Å². The molecule has 21 heavy (non-hydrogen) atoms. The largest absolute Gasteiger partial charge is 0.329 e. The smallest absolute Gasteiger partial charge is 0.306 e. The molecule has 0 saturated carbocycles. The highest BCUT2D eigenvalue weighted by atomic mass is 35.5. The summed E-state index contributed by atoms with van der Waals surface area (Å²) in [5.41, 5.74) is -2.10. The van der Waals surface area contributed by atoms with Crippen LogP contribution in [-0.4, -0.2) is 15.5 Å². The van der Waals surface area contributed by atoms with E-state index in [0.717, 1.165) is 4.57 Å². The molecule has 1 aromatic carbocycles. The van der Waals surface area contributed by atoms with Crippen molar-refractivity contribution in [3.05, 3.63) is 60.6 Å². The van der Waals surface area contributed by atoms with Gasteiger partial charge in [-0.1, -0.05) is 11.6 Å². The van der Waals surface area contributed by atoms with Crippen LogP contribution in [0.3, 0.4) is 0 Å². The number of carbonyl (C=O) groups is 1. The van der Waals surface area contributed by atoms with Gasteiger partial charge in [0.1, 0.15) is 0 Å². The fourth-order valence-corrected chi connectivity index (χ4v) is 1.74. The van der Waals surface area contributed by atoms with E-state index in [0.29, 0.717) is 5.02 Å². The fourth-order valence-electron chi connectivity index (χ4n) is 1.62. The zero-order valence-corrected chi connectivity index (χ0v) is 11.5. The number of hydrogen-bond acceptors (Lipinski definition) is 5. The number of halogens is 1. The van der Waals surface area contributed by atoms with Gasteiger partial charge in [-0.05, 0) is 29.4 Å². The lowest BCUT2D eigenvalue weighted by atomic mass is 10.2. The molecule has 1 aromatic heterocycles. The molecule has 1 amide bonds. The third-order valence-electron chi connectivity index (χ3n) is 2.73. The third-order valence-corrected chi connectivity index (χ3v) is 2.98. The van der Waals surface area contributed by atoms with Crippen LogP contribution in [0.15, 0.2) is 39.0 Å². The minimum absolute atomic E-state index is 0.240. The maximum absolute atomic E-state index is 12.0. The second kappa shape index (κ2) is 5.71.